The highest BCUT2D eigenvalue weighted by molar-refractivity contribution is 5.29. The first-order valence-electron chi connectivity index (χ1n) is 7.35. The third kappa shape index (κ3) is 4.11. The van der Waals surface area contributed by atoms with Gasteiger partial charge in [0.15, 0.2) is 5.03 Å². The van der Waals surface area contributed by atoms with E-state index in [2.05, 4.69) is 0 Å². The molecule has 2 rings (SSSR count). The molecule has 0 spiro atoms. The predicted octanol–water partition coefficient (Wildman–Crippen LogP) is 0.382. The highest BCUT2D eigenvalue weighted by Crippen LogP contribution is 2.29. The van der Waals surface area contributed by atoms with Gasteiger partial charge in [0, 0.05) is 12.2 Å². The number of hydrogen-bond acceptors (Lipinski definition) is 10. The number of hydrazine groups is 1. The van der Waals surface area contributed by atoms with E-state index in [1.54, 1.807) is 0 Å². The van der Waals surface area contributed by atoms with Gasteiger partial charge in [-0.25, -0.2) is 10.1 Å². The Labute approximate surface area is 153 Å². The lowest BCUT2D eigenvalue weighted by molar-refractivity contribution is -0.658. The van der Waals surface area contributed by atoms with Crippen LogP contribution in [0.1, 0.15) is 0 Å². The van der Waals surface area contributed by atoms with Crippen molar-refractivity contribution >= 4 is 0 Å². The number of allylic oxidation sites excluding steroid dienone is 2. The van der Waals surface area contributed by atoms with Crippen LogP contribution in [-0.4, -0.2) is 42.8 Å². The minimum absolute atomic E-state index is 0.392. The van der Waals surface area contributed by atoms with Crippen LogP contribution >= 0.6 is 0 Å². The zero-order chi connectivity index (χ0) is 21.2. The van der Waals surface area contributed by atoms with Gasteiger partial charge in [-0.1, -0.05) is 0 Å². The average Bonchev–Trinajstić information content (AvgIpc) is 3.18. The Kier molecular flexibility index (Phi) is 5.42. The Morgan fingerprint density at radius 2 is 1.04 bits per heavy atom. The second-order valence-corrected chi connectivity index (χ2v) is 5.67. The first-order valence-corrected chi connectivity index (χ1v) is 7.35. The van der Waals surface area contributed by atoms with Gasteiger partial charge >= 0.3 is 0 Å². The number of nitro groups is 5. The molecule has 2 aliphatic rings. The van der Waals surface area contributed by atoms with Crippen molar-refractivity contribution in [1.29, 1.82) is 0 Å². The van der Waals surface area contributed by atoms with Crippen molar-refractivity contribution in [2.24, 2.45) is 11.8 Å². The first-order chi connectivity index (χ1) is 13.0. The van der Waals surface area contributed by atoms with Gasteiger partial charge in [-0.3, -0.25) is 40.5 Å². The molecule has 0 N–H and O–H groups in total. The maximum Gasteiger partial charge on any atom is 0.272 e. The van der Waals surface area contributed by atoms with E-state index in [1.807, 2.05) is 0 Å². The van der Waals surface area contributed by atoms with E-state index in [9.17, 15) is 50.6 Å². The smallest absolute Gasteiger partial charge is 0.259 e. The predicted molar refractivity (Wildman–Crippen MR) is 85.9 cm³/mol. The van der Waals surface area contributed by atoms with E-state index >= 15 is 0 Å². The fourth-order valence-corrected chi connectivity index (χ4v) is 2.75. The Hall–Kier alpha value is -4.24. The molecule has 0 aromatic heterocycles. The highest BCUT2D eigenvalue weighted by atomic mass is 16.7. The van der Waals surface area contributed by atoms with Crippen molar-refractivity contribution in [2.75, 3.05) is 13.1 Å². The molecule has 28 heavy (non-hydrogen) atoms. The lowest BCUT2D eigenvalue weighted by atomic mass is 10.1. The van der Waals surface area contributed by atoms with Gasteiger partial charge in [0.1, 0.15) is 0 Å². The quantitative estimate of drug-likeness (QED) is 0.381. The van der Waals surface area contributed by atoms with Crippen molar-refractivity contribution in [3.63, 3.8) is 0 Å². The fraction of sp³-hybridized carbons (Fsp3) is 0.333. The summed E-state index contributed by atoms with van der Waals surface area (Å²) in [6, 6.07) is 0. The van der Waals surface area contributed by atoms with Crippen molar-refractivity contribution in [1.82, 2.24) is 5.01 Å². The van der Waals surface area contributed by atoms with E-state index in [0.717, 1.165) is 12.2 Å². The fourth-order valence-electron chi connectivity index (χ4n) is 2.75. The Morgan fingerprint density at radius 1 is 0.679 bits per heavy atom. The maximum absolute atomic E-state index is 11.3. The van der Waals surface area contributed by atoms with Crippen molar-refractivity contribution < 1.29 is 24.7 Å². The monoisotopic (exact) mass is 398 g/mol. The van der Waals surface area contributed by atoms with E-state index in [1.165, 1.54) is 0 Å². The van der Waals surface area contributed by atoms with Crippen LogP contribution in [0.2, 0.25) is 0 Å². The van der Waals surface area contributed by atoms with Gasteiger partial charge in [-0.05, 0) is 0 Å². The zero-order valence-electron chi connectivity index (χ0n) is 13.6. The minimum atomic E-state index is -1.32. The normalized spacial score (nSPS) is 20.6. The van der Waals surface area contributed by atoms with Crippen LogP contribution < -0.4 is 0 Å². The number of nitrogens with zero attached hydrogens (tertiary/aromatic N) is 6. The Morgan fingerprint density at radius 3 is 1.29 bits per heavy atom. The molecule has 0 bridgehead atoms. The van der Waals surface area contributed by atoms with Crippen LogP contribution in [0.4, 0.5) is 0 Å². The van der Waals surface area contributed by atoms with Crippen molar-refractivity contribution in [3.8, 4) is 0 Å². The second-order valence-electron chi connectivity index (χ2n) is 5.67. The average molecular weight is 398 g/mol. The molecular weight excluding hydrogens is 388 g/mol. The molecule has 2 aliphatic carbocycles. The molecule has 0 amide bonds. The molecule has 148 valence electrons. The summed E-state index contributed by atoms with van der Waals surface area (Å²) < 4.78 is 0. The summed E-state index contributed by atoms with van der Waals surface area (Å²) in [4.78, 5) is 51.4. The lowest BCUT2D eigenvalue weighted by Crippen LogP contribution is -2.39. The molecule has 0 aromatic carbocycles. The SMILES string of the molecule is O=[N+]([O-])C1=CC(CN(CC2C=C([N+](=O)[O-])C=C2[N+](=O)[O-])[N+](=O)[O-])C([N+](=O)[O-])=C1. The molecule has 0 fully saturated rings. The number of rotatable bonds is 9. The van der Waals surface area contributed by atoms with Crippen LogP contribution in [0.25, 0.3) is 0 Å². The maximum atomic E-state index is 11.3. The van der Waals surface area contributed by atoms with Gasteiger partial charge in [0.2, 0.25) is 0 Å². The molecule has 16 nitrogen and oxygen atoms in total. The second kappa shape index (κ2) is 7.56. The molecule has 0 saturated carbocycles. The van der Waals surface area contributed by atoms with Crippen molar-refractivity contribution in [2.45, 2.75) is 0 Å². The Bertz CT molecular complexity index is 837. The molecule has 0 heterocycles. The van der Waals surface area contributed by atoms with Gasteiger partial charge in [-0.15, -0.1) is 5.01 Å². The molecule has 0 radical (unpaired) electrons. The molecule has 0 aromatic rings. The van der Waals surface area contributed by atoms with Crippen LogP contribution in [0.3, 0.4) is 0 Å². The zero-order valence-corrected chi connectivity index (χ0v) is 13.6. The molecule has 2 unspecified atom stereocenters. The van der Waals surface area contributed by atoms with E-state index in [-0.39, 0.29) is 0 Å². The largest absolute Gasteiger partial charge is 0.272 e. The summed E-state index contributed by atoms with van der Waals surface area (Å²) in [5.74, 6) is -2.63. The minimum Gasteiger partial charge on any atom is -0.259 e. The van der Waals surface area contributed by atoms with Crippen LogP contribution in [0, 0.1) is 62.4 Å². The van der Waals surface area contributed by atoms with Crippen LogP contribution in [0.15, 0.2) is 47.1 Å². The summed E-state index contributed by atoms with van der Waals surface area (Å²) in [5.41, 5.74) is -2.50. The standard InChI is InChI=1S/C12H10N6O10/c19-14(20)9-1-7(11(3-9)16(23)24)5-13(18(27)28)6-8-2-10(15(21)22)4-12(8)17(25)26/h1-4,7-8H,5-6H2. The summed E-state index contributed by atoms with van der Waals surface area (Å²) in [5, 5.41) is 54.4. The van der Waals surface area contributed by atoms with E-state index < -0.39 is 72.4 Å². The molecule has 0 saturated heterocycles. The van der Waals surface area contributed by atoms with E-state index in [0.29, 0.717) is 17.2 Å². The lowest BCUT2D eigenvalue weighted by Gasteiger charge is -2.18. The molecule has 16 heteroatoms. The summed E-state index contributed by atoms with van der Waals surface area (Å²) in [6.07, 6.45) is 3.08. The molecule has 2 atom stereocenters. The highest BCUT2D eigenvalue weighted by Gasteiger charge is 2.41. The summed E-state index contributed by atoms with van der Waals surface area (Å²) >= 11 is 0. The molecular formula is C12H10N6O10. The number of hydrogen-bond donors (Lipinski definition) is 0. The van der Waals surface area contributed by atoms with Crippen molar-refractivity contribution in [3.05, 3.63) is 97.7 Å². The van der Waals surface area contributed by atoms with Gasteiger partial charge < -0.3 is 0 Å². The van der Waals surface area contributed by atoms with E-state index in [4.69, 9.17) is 0 Å². The third-order valence-corrected chi connectivity index (χ3v) is 3.98. The van der Waals surface area contributed by atoms with Gasteiger partial charge in [0.05, 0.1) is 56.8 Å². The topological polar surface area (TPSA) is 219 Å². The first kappa shape index (κ1) is 20.1. The summed E-state index contributed by atoms with van der Waals surface area (Å²) in [7, 11) is 0. The van der Waals surface area contributed by atoms with Gasteiger partial charge in [0.25, 0.3) is 22.8 Å². The Balaban J connectivity index is 2.26. The molecule has 0 aliphatic heterocycles. The van der Waals surface area contributed by atoms with Crippen LogP contribution in [-0.2, 0) is 0 Å². The van der Waals surface area contributed by atoms with Gasteiger partial charge in [-0.2, -0.15) is 0 Å². The van der Waals surface area contributed by atoms with Crippen LogP contribution in [0.5, 0.6) is 0 Å². The summed E-state index contributed by atoms with van der Waals surface area (Å²) in [6.45, 7) is -1.39. The third-order valence-electron chi connectivity index (χ3n) is 3.98.